The molecule has 27 heavy (non-hydrogen) atoms. The summed E-state index contributed by atoms with van der Waals surface area (Å²) in [5.41, 5.74) is 8.37. The standard InChI is InChI=1S/C21H31N3O2S/c1-16-13-17(20(26)24-9-11-27-12-10-24)5-6-18(16)23-19(25)14-21(15-22)7-3-2-4-8-21/h5-6,13H,2-4,7-12,14-15,22H2,1H3,(H,23,25). The van der Waals surface area contributed by atoms with Gasteiger partial charge in [-0.15, -0.1) is 0 Å². The van der Waals surface area contributed by atoms with Crippen LogP contribution in [0.3, 0.4) is 0 Å². The first-order valence-electron chi connectivity index (χ1n) is 10.0. The van der Waals surface area contributed by atoms with E-state index in [0.717, 1.165) is 61.5 Å². The van der Waals surface area contributed by atoms with E-state index in [1.54, 1.807) is 0 Å². The maximum atomic E-state index is 12.6. The van der Waals surface area contributed by atoms with Crippen molar-refractivity contribution in [2.45, 2.75) is 45.4 Å². The van der Waals surface area contributed by atoms with Gasteiger partial charge in [0.25, 0.3) is 5.91 Å². The van der Waals surface area contributed by atoms with Gasteiger partial charge in [0.15, 0.2) is 0 Å². The van der Waals surface area contributed by atoms with Crippen molar-refractivity contribution in [1.29, 1.82) is 0 Å². The Morgan fingerprint density at radius 2 is 1.89 bits per heavy atom. The highest BCUT2D eigenvalue weighted by Gasteiger charge is 2.33. The van der Waals surface area contributed by atoms with Gasteiger partial charge in [-0.05, 0) is 55.5 Å². The Labute approximate surface area is 166 Å². The maximum Gasteiger partial charge on any atom is 0.253 e. The number of carbonyl (C=O) groups excluding carboxylic acids is 2. The molecule has 0 atom stereocenters. The van der Waals surface area contributed by atoms with Crippen molar-refractivity contribution in [2.75, 3.05) is 36.5 Å². The summed E-state index contributed by atoms with van der Waals surface area (Å²) >= 11 is 1.89. The Morgan fingerprint density at radius 1 is 1.19 bits per heavy atom. The summed E-state index contributed by atoms with van der Waals surface area (Å²) in [5.74, 6) is 2.11. The summed E-state index contributed by atoms with van der Waals surface area (Å²) < 4.78 is 0. The summed E-state index contributed by atoms with van der Waals surface area (Å²) in [5, 5.41) is 3.04. The average molecular weight is 390 g/mol. The number of aryl methyl sites for hydroxylation is 1. The van der Waals surface area contributed by atoms with Gasteiger partial charge in [0.2, 0.25) is 5.91 Å². The van der Waals surface area contributed by atoms with Crippen molar-refractivity contribution in [3.05, 3.63) is 29.3 Å². The Morgan fingerprint density at radius 3 is 2.52 bits per heavy atom. The molecule has 3 N–H and O–H groups in total. The molecule has 2 amide bonds. The fourth-order valence-electron chi connectivity index (χ4n) is 4.18. The predicted molar refractivity (Wildman–Crippen MR) is 112 cm³/mol. The summed E-state index contributed by atoms with van der Waals surface area (Å²) in [6, 6.07) is 5.57. The van der Waals surface area contributed by atoms with Crippen LogP contribution in [0, 0.1) is 12.3 Å². The minimum absolute atomic E-state index is 0.0255. The SMILES string of the molecule is Cc1cc(C(=O)N2CCSCC2)ccc1NC(=O)CC1(CN)CCCCC1. The molecule has 2 aliphatic rings. The first kappa shape index (κ1) is 20.2. The molecule has 6 heteroatoms. The zero-order valence-corrected chi connectivity index (χ0v) is 17.1. The van der Waals surface area contributed by atoms with Gasteiger partial charge in [-0.2, -0.15) is 11.8 Å². The molecular weight excluding hydrogens is 358 g/mol. The van der Waals surface area contributed by atoms with Crippen LogP contribution in [0.5, 0.6) is 0 Å². The molecule has 1 aromatic rings. The van der Waals surface area contributed by atoms with Crippen LogP contribution in [-0.2, 0) is 4.79 Å². The molecule has 148 valence electrons. The molecule has 0 radical (unpaired) electrons. The van der Waals surface area contributed by atoms with E-state index in [4.69, 9.17) is 5.73 Å². The highest BCUT2D eigenvalue weighted by atomic mass is 32.2. The lowest BCUT2D eigenvalue weighted by atomic mass is 9.71. The summed E-state index contributed by atoms with van der Waals surface area (Å²) in [6.07, 6.45) is 6.13. The Bertz CT molecular complexity index is 680. The number of nitrogens with one attached hydrogen (secondary N) is 1. The van der Waals surface area contributed by atoms with E-state index < -0.39 is 0 Å². The number of carbonyl (C=O) groups is 2. The zero-order chi connectivity index (χ0) is 19.3. The molecule has 2 fully saturated rings. The third-order valence-electron chi connectivity index (χ3n) is 5.93. The fraction of sp³-hybridized carbons (Fsp3) is 0.619. The summed E-state index contributed by atoms with van der Waals surface area (Å²) in [7, 11) is 0. The quantitative estimate of drug-likeness (QED) is 0.809. The lowest BCUT2D eigenvalue weighted by Gasteiger charge is -2.35. The molecule has 1 saturated heterocycles. The number of hydrogen-bond donors (Lipinski definition) is 2. The minimum Gasteiger partial charge on any atom is -0.337 e. The normalized spacial score (nSPS) is 19.6. The number of rotatable bonds is 5. The highest BCUT2D eigenvalue weighted by molar-refractivity contribution is 7.99. The molecular formula is C21H31N3O2S. The number of nitrogens with zero attached hydrogens (tertiary/aromatic N) is 1. The molecule has 1 saturated carbocycles. The third-order valence-corrected chi connectivity index (χ3v) is 6.87. The Hall–Kier alpha value is -1.53. The van der Waals surface area contributed by atoms with Crippen LogP contribution < -0.4 is 11.1 Å². The second-order valence-electron chi connectivity index (χ2n) is 7.92. The van der Waals surface area contributed by atoms with E-state index in [0.29, 0.717) is 18.5 Å². The molecule has 1 aliphatic carbocycles. The Balaban J connectivity index is 1.63. The van der Waals surface area contributed by atoms with E-state index >= 15 is 0 Å². The Kier molecular flexibility index (Phi) is 6.82. The monoisotopic (exact) mass is 389 g/mol. The van der Waals surface area contributed by atoms with Crippen LogP contribution in [0.2, 0.25) is 0 Å². The molecule has 0 bridgehead atoms. The summed E-state index contributed by atoms with van der Waals surface area (Å²) in [6.45, 7) is 4.13. The first-order valence-corrected chi connectivity index (χ1v) is 11.2. The van der Waals surface area contributed by atoms with Gasteiger partial charge in [-0.1, -0.05) is 19.3 Å². The number of benzene rings is 1. The number of hydrogen-bond acceptors (Lipinski definition) is 4. The van der Waals surface area contributed by atoms with Crippen LogP contribution in [0.25, 0.3) is 0 Å². The smallest absolute Gasteiger partial charge is 0.253 e. The van der Waals surface area contributed by atoms with E-state index in [1.165, 1.54) is 6.42 Å². The lowest BCUT2D eigenvalue weighted by Crippen LogP contribution is -2.38. The van der Waals surface area contributed by atoms with Crippen LogP contribution >= 0.6 is 11.8 Å². The third kappa shape index (κ3) is 5.05. The minimum atomic E-state index is -0.0432. The van der Waals surface area contributed by atoms with Crippen LogP contribution in [-0.4, -0.2) is 47.9 Å². The molecule has 0 unspecified atom stereocenters. The number of thioether (sulfide) groups is 1. The van der Waals surface area contributed by atoms with Gasteiger partial charge in [0, 0.05) is 42.3 Å². The van der Waals surface area contributed by atoms with Gasteiger partial charge in [0.1, 0.15) is 0 Å². The number of amides is 2. The van der Waals surface area contributed by atoms with Gasteiger partial charge in [-0.25, -0.2) is 0 Å². The van der Waals surface area contributed by atoms with Crippen LogP contribution in [0.15, 0.2) is 18.2 Å². The van der Waals surface area contributed by atoms with Crippen molar-refractivity contribution in [1.82, 2.24) is 4.90 Å². The van der Waals surface area contributed by atoms with Gasteiger partial charge in [0.05, 0.1) is 0 Å². The van der Waals surface area contributed by atoms with E-state index in [-0.39, 0.29) is 17.2 Å². The lowest BCUT2D eigenvalue weighted by molar-refractivity contribution is -0.118. The number of nitrogens with two attached hydrogens (primary N) is 1. The van der Waals surface area contributed by atoms with Crippen molar-refractivity contribution in [2.24, 2.45) is 11.1 Å². The molecule has 1 aliphatic heterocycles. The van der Waals surface area contributed by atoms with Crippen LogP contribution in [0.4, 0.5) is 5.69 Å². The largest absolute Gasteiger partial charge is 0.337 e. The highest BCUT2D eigenvalue weighted by Crippen LogP contribution is 2.38. The van der Waals surface area contributed by atoms with Crippen molar-refractivity contribution in [3.8, 4) is 0 Å². The van der Waals surface area contributed by atoms with Crippen molar-refractivity contribution in [3.63, 3.8) is 0 Å². The van der Waals surface area contributed by atoms with Gasteiger partial charge >= 0.3 is 0 Å². The van der Waals surface area contributed by atoms with E-state index in [2.05, 4.69) is 5.32 Å². The van der Waals surface area contributed by atoms with Gasteiger partial charge in [-0.3, -0.25) is 9.59 Å². The summed E-state index contributed by atoms with van der Waals surface area (Å²) in [4.78, 5) is 27.2. The molecule has 3 rings (SSSR count). The maximum absolute atomic E-state index is 12.6. The number of anilines is 1. The molecule has 5 nitrogen and oxygen atoms in total. The van der Waals surface area contributed by atoms with Crippen molar-refractivity contribution >= 4 is 29.3 Å². The second kappa shape index (κ2) is 9.11. The molecule has 1 aromatic carbocycles. The van der Waals surface area contributed by atoms with E-state index in [1.807, 2.05) is 41.8 Å². The predicted octanol–water partition coefficient (Wildman–Crippen LogP) is 3.42. The topological polar surface area (TPSA) is 75.4 Å². The zero-order valence-electron chi connectivity index (χ0n) is 16.3. The average Bonchev–Trinajstić information content (AvgIpc) is 2.70. The van der Waals surface area contributed by atoms with Gasteiger partial charge < -0.3 is 16.0 Å². The molecule has 0 spiro atoms. The van der Waals surface area contributed by atoms with E-state index in [9.17, 15) is 9.59 Å². The fourth-order valence-corrected chi connectivity index (χ4v) is 5.08. The molecule has 0 aromatic heterocycles. The second-order valence-corrected chi connectivity index (χ2v) is 9.15. The molecule has 1 heterocycles. The van der Waals surface area contributed by atoms with Crippen LogP contribution in [0.1, 0.15) is 54.4 Å². The first-order chi connectivity index (χ1) is 13.0. The van der Waals surface area contributed by atoms with Crippen molar-refractivity contribution < 1.29 is 9.59 Å².